The fourth-order valence-corrected chi connectivity index (χ4v) is 3.41. The van der Waals surface area contributed by atoms with Gasteiger partial charge in [-0.25, -0.2) is 4.39 Å². The number of rotatable bonds is 3. The van der Waals surface area contributed by atoms with Crippen LogP contribution >= 0.6 is 12.4 Å². The third-order valence-corrected chi connectivity index (χ3v) is 4.86. The van der Waals surface area contributed by atoms with Gasteiger partial charge in [0.2, 0.25) is 5.91 Å². The van der Waals surface area contributed by atoms with E-state index in [1.807, 2.05) is 0 Å². The second-order valence-electron chi connectivity index (χ2n) is 6.56. The maximum Gasteiger partial charge on any atom is 0.256 e. The van der Waals surface area contributed by atoms with E-state index in [9.17, 15) is 14.0 Å². The first-order valence-corrected chi connectivity index (χ1v) is 8.72. The summed E-state index contributed by atoms with van der Waals surface area (Å²) < 4.78 is 13.7. The molecule has 1 unspecified atom stereocenters. The predicted molar refractivity (Wildman–Crippen MR) is 96.4 cm³/mol. The number of halogens is 2. The molecule has 1 atom stereocenters. The minimum atomic E-state index is -0.485. The Morgan fingerprint density at radius 2 is 1.84 bits per heavy atom. The van der Waals surface area contributed by atoms with Crippen molar-refractivity contribution in [2.45, 2.75) is 44.2 Å². The first kappa shape index (κ1) is 19.7. The summed E-state index contributed by atoms with van der Waals surface area (Å²) in [5.74, 6) is -0.693. The van der Waals surface area contributed by atoms with E-state index < -0.39 is 5.82 Å². The number of carbonyl (C=O) groups is 2. The van der Waals surface area contributed by atoms with Crippen LogP contribution in [0.4, 0.5) is 4.39 Å². The van der Waals surface area contributed by atoms with Gasteiger partial charge in [0.25, 0.3) is 5.91 Å². The molecule has 0 radical (unpaired) electrons. The van der Waals surface area contributed by atoms with E-state index >= 15 is 0 Å². The van der Waals surface area contributed by atoms with Crippen LogP contribution in [-0.2, 0) is 4.79 Å². The van der Waals surface area contributed by atoms with Gasteiger partial charge in [-0.2, -0.15) is 0 Å². The van der Waals surface area contributed by atoms with E-state index in [1.165, 1.54) is 12.1 Å². The zero-order valence-electron chi connectivity index (χ0n) is 14.2. The van der Waals surface area contributed by atoms with Gasteiger partial charge in [-0.3, -0.25) is 9.59 Å². The number of likely N-dealkylation sites (tertiary alicyclic amines) is 1. The van der Waals surface area contributed by atoms with Crippen LogP contribution in [0.15, 0.2) is 24.3 Å². The normalized spacial score (nSPS) is 21.3. The van der Waals surface area contributed by atoms with Crippen molar-refractivity contribution in [2.75, 3.05) is 19.6 Å². The molecule has 1 aromatic carbocycles. The van der Waals surface area contributed by atoms with Crippen LogP contribution in [0.3, 0.4) is 0 Å². The summed E-state index contributed by atoms with van der Waals surface area (Å²) in [4.78, 5) is 26.3. The highest BCUT2D eigenvalue weighted by molar-refractivity contribution is 5.94. The second kappa shape index (κ2) is 9.15. The van der Waals surface area contributed by atoms with Gasteiger partial charge in [0.1, 0.15) is 5.82 Å². The van der Waals surface area contributed by atoms with Gasteiger partial charge >= 0.3 is 0 Å². The minimum Gasteiger partial charge on any atom is -0.352 e. The zero-order valence-corrected chi connectivity index (χ0v) is 15.0. The Kier molecular flexibility index (Phi) is 7.20. The molecule has 7 heteroatoms. The molecule has 2 N–H and O–H groups in total. The third kappa shape index (κ3) is 4.92. The average molecular weight is 370 g/mol. The fourth-order valence-electron chi connectivity index (χ4n) is 3.41. The molecule has 2 aliphatic rings. The van der Waals surface area contributed by atoms with Crippen molar-refractivity contribution < 1.29 is 14.0 Å². The Balaban J connectivity index is 0.00000225. The van der Waals surface area contributed by atoms with Crippen LogP contribution in [0.25, 0.3) is 0 Å². The fraction of sp³-hybridized carbons (Fsp3) is 0.556. The summed E-state index contributed by atoms with van der Waals surface area (Å²) in [6, 6.07) is 6.06. The lowest BCUT2D eigenvalue weighted by Crippen LogP contribution is -2.52. The summed E-state index contributed by atoms with van der Waals surface area (Å²) in [5, 5.41) is 6.33. The van der Waals surface area contributed by atoms with Crippen molar-refractivity contribution in [2.24, 2.45) is 0 Å². The lowest BCUT2D eigenvalue weighted by atomic mass is 10.0. The van der Waals surface area contributed by atoms with Gasteiger partial charge in [-0.1, -0.05) is 18.6 Å². The molecule has 2 heterocycles. The number of nitrogens with one attached hydrogen (secondary N) is 2. The van der Waals surface area contributed by atoms with E-state index in [0.717, 1.165) is 25.8 Å². The van der Waals surface area contributed by atoms with E-state index in [1.54, 1.807) is 17.0 Å². The summed E-state index contributed by atoms with van der Waals surface area (Å²) in [7, 11) is 0. The van der Waals surface area contributed by atoms with Gasteiger partial charge in [-0.05, 0) is 44.4 Å². The molecule has 2 amide bonds. The Morgan fingerprint density at radius 1 is 1.12 bits per heavy atom. The van der Waals surface area contributed by atoms with Gasteiger partial charge < -0.3 is 15.5 Å². The highest BCUT2D eigenvalue weighted by Crippen LogP contribution is 2.16. The predicted octanol–water partition coefficient (Wildman–Crippen LogP) is 2.11. The number of hydrogen-bond donors (Lipinski definition) is 2. The number of benzene rings is 1. The average Bonchev–Trinajstić information content (AvgIpc) is 2.63. The lowest BCUT2D eigenvalue weighted by molar-refractivity contribution is -0.124. The standard InChI is InChI=1S/C18H24FN3O2.ClH/c19-15-6-2-1-5-14(15)18(24)22-11-8-13(9-12-22)21-17(23)16-7-3-4-10-20-16;/h1-2,5-6,13,16,20H,3-4,7-12H2,(H,21,23);1H. The molecular weight excluding hydrogens is 345 g/mol. The van der Waals surface area contributed by atoms with Gasteiger partial charge in [-0.15, -0.1) is 12.4 Å². The molecule has 2 aliphatic heterocycles. The SMILES string of the molecule is Cl.O=C(NC1CCN(C(=O)c2ccccc2F)CC1)C1CCCCN1. The molecule has 0 spiro atoms. The molecule has 0 bridgehead atoms. The Bertz CT molecular complexity index is 600. The van der Waals surface area contributed by atoms with Crippen LogP contribution in [0.2, 0.25) is 0 Å². The third-order valence-electron chi connectivity index (χ3n) is 4.86. The molecule has 1 aromatic rings. The highest BCUT2D eigenvalue weighted by atomic mass is 35.5. The zero-order chi connectivity index (χ0) is 16.9. The molecule has 0 aromatic heterocycles. The van der Waals surface area contributed by atoms with Crippen molar-refractivity contribution >= 4 is 24.2 Å². The molecule has 138 valence electrons. The number of piperidine rings is 2. The number of nitrogens with zero attached hydrogens (tertiary/aromatic N) is 1. The largest absolute Gasteiger partial charge is 0.352 e. The van der Waals surface area contributed by atoms with Crippen LogP contribution in [-0.4, -0.2) is 48.4 Å². The molecule has 2 fully saturated rings. The van der Waals surface area contributed by atoms with Crippen LogP contribution in [0, 0.1) is 5.82 Å². The lowest BCUT2D eigenvalue weighted by Gasteiger charge is -2.33. The Hall–Kier alpha value is -1.66. The summed E-state index contributed by atoms with van der Waals surface area (Å²) in [5.41, 5.74) is 0.117. The summed E-state index contributed by atoms with van der Waals surface area (Å²) >= 11 is 0. The minimum absolute atomic E-state index is 0. The molecule has 5 nitrogen and oxygen atoms in total. The molecule has 25 heavy (non-hydrogen) atoms. The maximum atomic E-state index is 13.7. The van der Waals surface area contributed by atoms with Crippen LogP contribution < -0.4 is 10.6 Å². The van der Waals surface area contributed by atoms with Crippen molar-refractivity contribution in [3.05, 3.63) is 35.6 Å². The van der Waals surface area contributed by atoms with Crippen molar-refractivity contribution in [3.63, 3.8) is 0 Å². The van der Waals surface area contributed by atoms with Crippen molar-refractivity contribution in [3.8, 4) is 0 Å². The topological polar surface area (TPSA) is 61.4 Å². The van der Waals surface area contributed by atoms with Crippen molar-refractivity contribution in [1.82, 2.24) is 15.5 Å². The molecule has 0 saturated carbocycles. The molecular formula is C18H25ClFN3O2. The first-order valence-electron chi connectivity index (χ1n) is 8.72. The van der Waals surface area contributed by atoms with Crippen molar-refractivity contribution in [1.29, 1.82) is 0 Å². The quantitative estimate of drug-likeness (QED) is 0.857. The van der Waals surface area contributed by atoms with Crippen LogP contribution in [0.1, 0.15) is 42.5 Å². The Morgan fingerprint density at radius 3 is 2.48 bits per heavy atom. The summed E-state index contributed by atoms with van der Waals surface area (Å²) in [6.07, 6.45) is 4.51. The highest BCUT2D eigenvalue weighted by Gasteiger charge is 2.28. The number of hydrogen-bond acceptors (Lipinski definition) is 3. The van der Waals surface area contributed by atoms with E-state index in [0.29, 0.717) is 25.9 Å². The van der Waals surface area contributed by atoms with Crippen LogP contribution in [0.5, 0.6) is 0 Å². The van der Waals surface area contributed by atoms with Gasteiger partial charge in [0.15, 0.2) is 0 Å². The molecule has 2 saturated heterocycles. The smallest absolute Gasteiger partial charge is 0.256 e. The molecule has 3 rings (SSSR count). The monoisotopic (exact) mass is 369 g/mol. The maximum absolute atomic E-state index is 13.7. The van der Waals surface area contributed by atoms with Gasteiger partial charge in [0.05, 0.1) is 11.6 Å². The van der Waals surface area contributed by atoms with Gasteiger partial charge in [0, 0.05) is 19.1 Å². The molecule has 0 aliphatic carbocycles. The van der Waals surface area contributed by atoms with E-state index in [-0.39, 0.29) is 41.9 Å². The Labute approximate surface area is 153 Å². The first-order chi connectivity index (χ1) is 11.6. The number of carbonyl (C=O) groups excluding carboxylic acids is 2. The second-order valence-corrected chi connectivity index (χ2v) is 6.56. The van der Waals surface area contributed by atoms with E-state index in [4.69, 9.17) is 0 Å². The summed E-state index contributed by atoms with van der Waals surface area (Å²) in [6.45, 7) is 1.97. The van der Waals surface area contributed by atoms with E-state index in [2.05, 4.69) is 10.6 Å². The number of amides is 2.